The summed E-state index contributed by atoms with van der Waals surface area (Å²) in [6.07, 6.45) is -3.30. The lowest BCUT2D eigenvalue weighted by Crippen LogP contribution is -2.43. The zero-order chi connectivity index (χ0) is 16.6. The molecule has 21 heavy (non-hydrogen) atoms. The largest absolute Gasteiger partial charge is 0.481 e. The summed E-state index contributed by atoms with van der Waals surface area (Å²) in [6.45, 7) is 3.48. The number of carbonyl (C=O) groups is 4. The molecule has 0 radical (unpaired) electrons. The number of aliphatic carboxylic acids is 3. The second kappa shape index (κ2) is 8.77. The summed E-state index contributed by atoms with van der Waals surface area (Å²) in [5.41, 5.74) is 0. The molecule has 0 fully saturated rings. The van der Waals surface area contributed by atoms with Crippen molar-refractivity contribution in [3.05, 3.63) is 0 Å². The number of carbonyl (C=O) groups excluding carboxylic acids is 1. The van der Waals surface area contributed by atoms with Gasteiger partial charge >= 0.3 is 24.0 Å². The van der Waals surface area contributed by atoms with Gasteiger partial charge in [-0.15, -0.1) is 0 Å². The Morgan fingerprint density at radius 1 is 1.05 bits per heavy atom. The number of hydrogen-bond acceptors (Lipinski definition) is 5. The second-order valence-corrected chi connectivity index (χ2v) is 4.83. The van der Waals surface area contributed by atoms with Crippen LogP contribution in [0.15, 0.2) is 0 Å². The lowest BCUT2D eigenvalue weighted by Gasteiger charge is -2.18. The molecule has 0 aromatic heterocycles. The predicted molar refractivity (Wildman–Crippen MR) is 68.8 cm³/mol. The van der Waals surface area contributed by atoms with Gasteiger partial charge in [-0.05, 0) is 18.8 Å². The van der Waals surface area contributed by atoms with Crippen molar-refractivity contribution in [1.82, 2.24) is 5.32 Å². The Hall–Kier alpha value is -2.32. The van der Waals surface area contributed by atoms with Crippen LogP contribution in [0.1, 0.15) is 33.1 Å². The molecule has 9 nitrogen and oxygen atoms in total. The van der Waals surface area contributed by atoms with E-state index in [0.29, 0.717) is 0 Å². The molecule has 2 atom stereocenters. The number of alkyl carbamates (subject to hydrolysis) is 1. The van der Waals surface area contributed by atoms with E-state index in [4.69, 9.17) is 15.3 Å². The van der Waals surface area contributed by atoms with Crippen molar-refractivity contribution < 1.29 is 39.2 Å². The number of carboxylic acid groups (broad SMARTS) is 3. The number of carboxylic acids is 3. The molecular formula is C12H19NO8. The Kier molecular flexibility index (Phi) is 7.80. The first-order valence-corrected chi connectivity index (χ1v) is 6.28. The average molecular weight is 305 g/mol. The highest BCUT2D eigenvalue weighted by molar-refractivity contribution is 5.82. The zero-order valence-corrected chi connectivity index (χ0v) is 11.7. The van der Waals surface area contributed by atoms with Crippen LogP contribution in [0, 0.1) is 5.92 Å². The minimum Gasteiger partial charge on any atom is -0.481 e. The smallest absolute Gasteiger partial charge is 0.408 e. The molecule has 0 aromatic carbocycles. The molecular weight excluding hydrogens is 286 g/mol. The molecule has 0 bridgehead atoms. The highest BCUT2D eigenvalue weighted by atomic mass is 16.6. The number of ether oxygens (including phenoxy) is 1. The second-order valence-electron chi connectivity index (χ2n) is 4.83. The first kappa shape index (κ1) is 18.7. The Labute approximate surface area is 120 Å². The normalized spacial score (nSPS) is 13.3. The molecule has 0 unspecified atom stereocenters. The Morgan fingerprint density at radius 2 is 1.62 bits per heavy atom. The molecule has 0 saturated heterocycles. The summed E-state index contributed by atoms with van der Waals surface area (Å²) >= 11 is 0. The van der Waals surface area contributed by atoms with Crippen molar-refractivity contribution in [2.75, 3.05) is 0 Å². The van der Waals surface area contributed by atoms with Crippen LogP contribution in [0.25, 0.3) is 0 Å². The van der Waals surface area contributed by atoms with Crippen molar-refractivity contribution in [3.63, 3.8) is 0 Å². The molecule has 0 aliphatic carbocycles. The molecule has 0 aliphatic rings. The van der Waals surface area contributed by atoms with Crippen molar-refractivity contribution in [2.45, 2.75) is 45.3 Å². The molecule has 0 heterocycles. The SMILES string of the molecule is CC(C)C[C@H](OC(=O)N[C@@H](CCC(=O)O)C(=O)O)C(=O)O. The maximum Gasteiger partial charge on any atom is 0.408 e. The summed E-state index contributed by atoms with van der Waals surface area (Å²) < 4.78 is 4.65. The van der Waals surface area contributed by atoms with Crippen LogP contribution in [0.3, 0.4) is 0 Å². The minimum absolute atomic E-state index is 0.0406. The highest BCUT2D eigenvalue weighted by Gasteiger charge is 2.27. The van der Waals surface area contributed by atoms with Crippen LogP contribution < -0.4 is 5.32 Å². The first-order valence-electron chi connectivity index (χ1n) is 6.28. The van der Waals surface area contributed by atoms with Crippen LogP contribution in [-0.2, 0) is 19.1 Å². The standard InChI is InChI=1S/C12H19NO8/c1-6(2)5-8(11(18)19)21-12(20)13-7(10(16)17)3-4-9(14)15/h6-8H,3-5H2,1-2H3,(H,13,20)(H,14,15)(H,16,17)(H,18,19)/t7-,8-/m0/s1. The summed E-state index contributed by atoms with van der Waals surface area (Å²) in [4.78, 5) is 43.6. The van der Waals surface area contributed by atoms with Gasteiger partial charge in [0, 0.05) is 6.42 Å². The third-order valence-electron chi connectivity index (χ3n) is 2.45. The molecule has 120 valence electrons. The van der Waals surface area contributed by atoms with Crippen LogP contribution in [-0.4, -0.2) is 51.5 Å². The molecule has 0 aliphatic heterocycles. The van der Waals surface area contributed by atoms with E-state index in [1.165, 1.54) is 0 Å². The van der Waals surface area contributed by atoms with Crippen molar-refractivity contribution >= 4 is 24.0 Å². The van der Waals surface area contributed by atoms with E-state index in [0.717, 1.165) is 0 Å². The van der Waals surface area contributed by atoms with Gasteiger partial charge in [-0.2, -0.15) is 0 Å². The van der Waals surface area contributed by atoms with Crippen LogP contribution in [0.2, 0.25) is 0 Å². The van der Waals surface area contributed by atoms with E-state index in [1.807, 2.05) is 5.32 Å². The molecule has 1 amide bonds. The molecule has 0 saturated carbocycles. The van der Waals surface area contributed by atoms with Gasteiger partial charge in [0.1, 0.15) is 6.04 Å². The van der Waals surface area contributed by atoms with Crippen molar-refractivity contribution in [1.29, 1.82) is 0 Å². The van der Waals surface area contributed by atoms with E-state index in [9.17, 15) is 19.2 Å². The number of nitrogens with one attached hydrogen (secondary N) is 1. The van der Waals surface area contributed by atoms with Crippen molar-refractivity contribution in [3.8, 4) is 0 Å². The molecule has 0 spiro atoms. The zero-order valence-electron chi connectivity index (χ0n) is 11.7. The molecule has 9 heteroatoms. The van der Waals surface area contributed by atoms with E-state index in [1.54, 1.807) is 13.8 Å². The number of hydrogen-bond donors (Lipinski definition) is 4. The van der Waals surface area contributed by atoms with Gasteiger partial charge in [0.2, 0.25) is 6.10 Å². The van der Waals surface area contributed by atoms with Gasteiger partial charge < -0.3 is 25.4 Å². The highest BCUT2D eigenvalue weighted by Crippen LogP contribution is 2.09. The predicted octanol–water partition coefficient (Wildman–Crippen LogP) is 0.530. The van der Waals surface area contributed by atoms with Gasteiger partial charge in [-0.1, -0.05) is 13.8 Å². The number of amides is 1. The van der Waals surface area contributed by atoms with E-state index < -0.39 is 42.6 Å². The fourth-order valence-electron chi connectivity index (χ4n) is 1.46. The summed E-state index contributed by atoms with van der Waals surface area (Å²) in [6, 6.07) is -1.46. The summed E-state index contributed by atoms with van der Waals surface area (Å²) in [5, 5.41) is 28.2. The fourth-order valence-corrected chi connectivity index (χ4v) is 1.46. The summed E-state index contributed by atoms with van der Waals surface area (Å²) in [5.74, 6) is -4.01. The van der Waals surface area contributed by atoms with E-state index >= 15 is 0 Å². The van der Waals surface area contributed by atoms with Gasteiger partial charge in [0.25, 0.3) is 0 Å². The van der Waals surface area contributed by atoms with Gasteiger partial charge in [0.05, 0.1) is 0 Å². The van der Waals surface area contributed by atoms with E-state index in [2.05, 4.69) is 4.74 Å². The van der Waals surface area contributed by atoms with Crippen LogP contribution in [0.4, 0.5) is 4.79 Å². The van der Waals surface area contributed by atoms with Gasteiger partial charge in [-0.25, -0.2) is 14.4 Å². The fraction of sp³-hybridized carbons (Fsp3) is 0.667. The van der Waals surface area contributed by atoms with Gasteiger partial charge in [0.15, 0.2) is 0 Å². The average Bonchev–Trinajstić information content (AvgIpc) is 2.32. The van der Waals surface area contributed by atoms with Crippen LogP contribution in [0.5, 0.6) is 0 Å². The topological polar surface area (TPSA) is 150 Å². The van der Waals surface area contributed by atoms with Crippen LogP contribution >= 0.6 is 0 Å². The lowest BCUT2D eigenvalue weighted by atomic mass is 10.1. The van der Waals surface area contributed by atoms with Gasteiger partial charge in [-0.3, -0.25) is 4.79 Å². The summed E-state index contributed by atoms with van der Waals surface area (Å²) in [7, 11) is 0. The molecule has 0 rings (SSSR count). The Morgan fingerprint density at radius 3 is 2.00 bits per heavy atom. The first-order chi connectivity index (χ1) is 9.63. The Bertz CT molecular complexity index is 406. The maximum absolute atomic E-state index is 11.5. The number of rotatable bonds is 9. The lowest BCUT2D eigenvalue weighted by molar-refractivity contribution is -0.147. The van der Waals surface area contributed by atoms with E-state index in [-0.39, 0.29) is 18.8 Å². The Balaban J connectivity index is 4.56. The minimum atomic E-state index is -1.46. The molecule has 0 aromatic rings. The monoisotopic (exact) mass is 305 g/mol. The third-order valence-corrected chi connectivity index (χ3v) is 2.45. The third kappa shape index (κ3) is 8.45. The molecule has 4 N–H and O–H groups in total. The quantitative estimate of drug-likeness (QED) is 0.481. The van der Waals surface area contributed by atoms with Crippen molar-refractivity contribution in [2.24, 2.45) is 5.92 Å². The maximum atomic E-state index is 11.5.